The maximum atomic E-state index is 12.2. The van der Waals surface area contributed by atoms with Crippen LogP contribution in [0.25, 0.3) is 6.08 Å². The van der Waals surface area contributed by atoms with E-state index in [9.17, 15) is 22.8 Å². The van der Waals surface area contributed by atoms with Crippen LogP contribution in [0.15, 0.2) is 24.4 Å². The molecule has 1 heterocycles. The standard InChI is InChI=1S/C12H11F3N2O3/c1-17(7-12(13,14)15)11(20)10-8(3-2-6-16-10)4-5-9(18)19/h2-6H,7H2,1H3,(H,18,19)/b5-4+. The molecule has 0 spiro atoms. The summed E-state index contributed by atoms with van der Waals surface area (Å²) in [7, 11) is 0.995. The molecule has 0 aliphatic rings. The molecular formula is C12H11F3N2O3. The van der Waals surface area contributed by atoms with Gasteiger partial charge in [-0.2, -0.15) is 13.2 Å². The second-order valence-corrected chi connectivity index (χ2v) is 3.89. The topological polar surface area (TPSA) is 70.5 Å². The Morgan fingerprint density at radius 1 is 1.45 bits per heavy atom. The molecule has 1 rings (SSSR count). The van der Waals surface area contributed by atoms with Gasteiger partial charge in [0.15, 0.2) is 0 Å². The van der Waals surface area contributed by atoms with Gasteiger partial charge in [0.05, 0.1) is 0 Å². The van der Waals surface area contributed by atoms with E-state index in [1.165, 1.54) is 18.3 Å². The van der Waals surface area contributed by atoms with Gasteiger partial charge in [-0.25, -0.2) is 4.79 Å². The Hall–Kier alpha value is -2.38. The van der Waals surface area contributed by atoms with Crippen LogP contribution in [0.4, 0.5) is 13.2 Å². The van der Waals surface area contributed by atoms with E-state index in [4.69, 9.17) is 5.11 Å². The fraction of sp³-hybridized carbons (Fsp3) is 0.250. The van der Waals surface area contributed by atoms with E-state index in [-0.39, 0.29) is 11.3 Å². The molecular weight excluding hydrogens is 277 g/mol. The highest BCUT2D eigenvalue weighted by Gasteiger charge is 2.32. The fourth-order valence-electron chi connectivity index (χ4n) is 1.41. The number of rotatable bonds is 4. The smallest absolute Gasteiger partial charge is 0.406 e. The van der Waals surface area contributed by atoms with E-state index in [1.807, 2.05) is 0 Å². The van der Waals surface area contributed by atoms with Gasteiger partial charge in [0.2, 0.25) is 0 Å². The van der Waals surface area contributed by atoms with Crippen molar-refractivity contribution in [2.45, 2.75) is 6.18 Å². The van der Waals surface area contributed by atoms with E-state index in [1.54, 1.807) is 0 Å². The van der Waals surface area contributed by atoms with Crippen LogP contribution in [-0.4, -0.2) is 46.6 Å². The number of carbonyl (C=O) groups excluding carboxylic acids is 1. The molecule has 5 nitrogen and oxygen atoms in total. The van der Waals surface area contributed by atoms with Gasteiger partial charge in [-0.3, -0.25) is 9.78 Å². The maximum absolute atomic E-state index is 12.2. The average molecular weight is 288 g/mol. The van der Waals surface area contributed by atoms with Gasteiger partial charge in [-0.1, -0.05) is 6.07 Å². The van der Waals surface area contributed by atoms with Crippen molar-refractivity contribution in [3.8, 4) is 0 Å². The molecule has 0 saturated carbocycles. The van der Waals surface area contributed by atoms with E-state index in [2.05, 4.69) is 4.98 Å². The summed E-state index contributed by atoms with van der Waals surface area (Å²) in [5.74, 6) is -2.18. The van der Waals surface area contributed by atoms with Crippen LogP contribution in [0.3, 0.4) is 0 Å². The summed E-state index contributed by atoms with van der Waals surface area (Å²) in [5, 5.41) is 8.52. The van der Waals surface area contributed by atoms with Crippen molar-refractivity contribution in [1.29, 1.82) is 0 Å². The summed E-state index contributed by atoms with van der Waals surface area (Å²) in [5.41, 5.74) is -0.106. The third-order valence-electron chi connectivity index (χ3n) is 2.21. The van der Waals surface area contributed by atoms with E-state index in [0.717, 1.165) is 19.2 Å². The highest BCUT2D eigenvalue weighted by Crippen LogP contribution is 2.18. The first kappa shape index (κ1) is 15.7. The number of alkyl halides is 3. The number of hydrogen-bond donors (Lipinski definition) is 1. The van der Waals surface area contributed by atoms with Crippen LogP contribution in [-0.2, 0) is 4.79 Å². The third kappa shape index (κ3) is 4.71. The molecule has 1 amide bonds. The third-order valence-corrected chi connectivity index (χ3v) is 2.21. The Labute approximate surface area is 112 Å². The van der Waals surface area contributed by atoms with Crippen LogP contribution < -0.4 is 0 Å². The van der Waals surface area contributed by atoms with Gasteiger partial charge >= 0.3 is 12.1 Å². The summed E-state index contributed by atoms with van der Waals surface area (Å²) < 4.78 is 36.7. The monoisotopic (exact) mass is 288 g/mol. The zero-order valence-corrected chi connectivity index (χ0v) is 10.4. The first-order chi connectivity index (χ1) is 9.20. The molecule has 0 saturated heterocycles. The molecule has 8 heteroatoms. The molecule has 0 aromatic carbocycles. The zero-order valence-electron chi connectivity index (χ0n) is 10.4. The van der Waals surface area contributed by atoms with E-state index in [0.29, 0.717) is 4.90 Å². The number of carbonyl (C=O) groups is 2. The maximum Gasteiger partial charge on any atom is 0.406 e. The second-order valence-electron chi connectivity index (χ2n) is 3.89. The molecule has 0 aliphatic heterocycles. The lowest BCUT2D eigenvalue weighted by Gasteiger charge is -2.19. The highest BCUT2D eigenvalue weighted by molar-refractivity contribution is 5.97. The molecule has 0 unspecified atom stereocenters. The SMILES string of the molecule is CN(CC(F)(F)F)C(=O)c1ncccc1/C=C/C(=O)O. The lowest BCUT2D eigenvalue weighted by molar-refractivity contribution is -0.138. The number of aromatic nitrogens is 1. The Morgan fingerprint density at radius 3 is 2.65 bits per heavy atom. The molecule has 1 aromatic rings. The van der Waals surface area contributed by atoms with Crippen molar-refractivity contribution >= 4 is 18.0 Å². The number of pyridine rings is 1. The highest BCUT2D eigenvalue weighted by atomic mass is 19.4. The first-order valence-corrected chi connectivity index (χ1v) is 5.39. The van der Waals surface area contributed by atoms with Crippen molar-refractivity contribution in [3.63, 3.8) is 0 Å². The average Bonchev–Trinajstić information content (AvgIpc) is 2.33. The Kier molecular flexibility index (Phi) is 4.84. The molecule has 0 fully saturated rings. The predicted octanol–water partition coefficient (Wildman–Crippen LogP) is 1.81. The lowest BCUT2D eigenvalue weighted by atomic mass is 10.1. The Morgan fingerprint density at radius 2 is 2.10 bits per heavy atom. The summed E-state index contributed by atoms with van der Waals surface area (Å²) >= 11 is 0. The van der Waals surface area contributed by atoms with Gasteiger partial charge in [0.1, 0.15) is 12.2 Å². The largest absolute Gasteiger partial charge is 0.478 e. The second kappa shape index (κ2) is 6.18. The number of amides is 1. The van der Waals surface area contributed by atoms with E-state index < -0.39 is 24.6 Å². The lowest BCUT2D eigenvalue weighted by Crippen LogP contribution is -2.36. The van der Waals surface area contributed by atoms with Gasteiger partial charge in [-0.05, 0) is 12.1 Å². The van der Waals surface area contributed by atoms with Crippen LogP contribution in [0.1, 0.15) is 16.1 Å². The number of carboxylic acids is 1. The summed E-state index contributed by atoms with van der Waals surface area (Å²) in [4.78, 5) is 26.5. The molecule has 1 aromatic heterocycles. The van der Waals surface area contributed by atoms with Gasteiger partial charge in [0.25, 0.3) is 5.91 Å². The molecule has 20 heavy (non-hydrogen) atoms. The molecule has 0 bridgehead atoms. The number of hydrogen-bond acceptors (Lipinski definition) is 3. The van der Waals surface area contributed by atoms with Crippen LogP contribution in [0, 0.1) is 0 Å². The van der Waals surface area contributed by atoms with Crippen LogP contribution >= 0.6 is 0 Å². The Balaban J connectivity index is 3.01. The Bertz CT molecular complexity index is 541. The molecule has 0 aliphatic carbocycles. The van der Waals surface area contributed by atoms with Gasteiger partial charge in [0, 0.05) is 24.9 Å². The van der Waals surface area contributed by atoms with E-state index >= 15 is 0 Å². The quantitative estimate of drug-likeness (QED) is 0.858. The van der Waals surface area contributed by atoms with Crippen molar-refractivity contribution < 1.29 is 27.9 Å². The van der Waals surface area contributed by atoms with Crippen molar-refractivity contribution in [2.75, 3.05) is 13.6 Å². The van der Waals surface area contributed by atoms with Gasteiger partial charge < -0.3 is 10.0 Å². The summed E-state index contributed by atoms with van der Waals surface area (Å²) in [6.45, 7) is -1.41. The minimum atomic E-state index is -4.52. The fourth-order valence-corrected chi connectivity index (χ4v) is 1.41. The predicted molar refractivity (Wildman–Crippen MR) is 63.9 cm³/mol. The number of nitrogens with zero attached hydrogens (tertiary/aromatic N) is 2. The van der Waals surface area contributed by atoms with Crippen molar-refractivity contribution in [2.24, 2.45) is 0 Å². The minimum absolute atomic E-state index is 0.133. The molecule has 0 atom stereocenters. The van der Waals surface area contributed by atoms with Gasteiger partial charge in [-0.15, -0.1) is 0 Å². The number of carboxylic acid groups (broad SMARTS) is 1. The van der Waals surface area contributed by atoms with Crippen molar-refractivity contribution in [1.82, 2.24) is 9.88 Å². The number of halogens is 3. The summed E-state index contributed by atoms with van der Waals surface area (Å²) in [6, 6.07) is 2.84. The summed E-state index contributed by atoms with van der Waals surface area (Å²) in [6.07, 6.45) is -1.40. The first-order valence-electron chi connectivity index (χ1n) is 5.39. The minimum Gasteiger partial charge on any atom is -0.478 e. The van der Waals surface area contributed by atoms with Crippen LogP contribution in [0.2, 0.25) is 0 Å². The molecule has 108 valence electrons. The zero-order chi connectivity index (χ0) is 15.3. The number of aliphatic carboxylic acids is 1. The molecule has 0 radical (unpaired) electrons. The normalized spacial score (nSPS) is 11.6. The molecule has 1 N–H and O–H groups in total. The van der Waals surface area contributed by atoms with Crippen molar-refractivity contribution in [3.05, 3.63) is 35.7 Å². The van der Waals surface area contributed by atoms with Crippen LogP contribution in [0.5, 0.6) is 0 Å².